The van der Waals surface area contributed by atoms with E-state index in [0.29, 0.717) is 11.3 Å². The van der Waals surface area contributed by atoms with Crippen molar-refractivity contribution in [3.63, 3.8) is 0 Å². The molecule has 7 nitrogen and oxygen atoms in total. The molecule has 0 radical (unpaired) electrons. The van der Waals surface area contributed by atoms with Crippen LogP contribution in [0, 0.1) is 0 Å². The van der Waals surface area contributed by atoms with Crippen LogP contribution in [0.4, 0.5) is 5.69 Å². The van der Waals surface area contributed by atoms with Crippen LogP contribution in [0.3, 0.4) is 0 Å². The average molecular weight is 368 g/mol. The van der Waals surface area contributed by atoms with Crippen molar-refractivity contribution in [2.75, 3.05) is 25.2 Å². The van der Waals surface area contributed by atoms with E-state index in [0.717, 1.165) is 38.4 Å². The van der Waals surface area contributed by atoms with Gasteiger partial charge in [0.05, 0.1) is 25.5 Å². The highest BCUT2D eigenvalue weighted by molar-refractivity contribution is 7.88. The number of carbonyl (C=O) groups excluding carboxylic acids is 2. The molecule has 0 atom stereocenters. The van der Waals surface area contributed by atoms with Gasteiger partial charge in [-0.3, -0.25) is 4.79 Å². The van der Waals surface area contributed by atoms with E-state index in [9.17, 15) is 18.0 Å². The second kappa shape index (κ2) is 8.44. The van der Waals surface area contributed by atoms with E-state index in [1.807, 2.05) is 0 Å². The Balaban J connectivity index is 2.07. The first-order chi connectivity index (χ1) is 11.8. The Labute approximate surface area is 148 Å². The minimum atomic E-state index is -3.48. The molecular weight excluding hydrogens is 344 g/mol. The Hall–Kier alpha value is -1.93. The fraction of sp³-hybridized carbons (Fsp3) is 0.529. The maximum Gasteiger partial charge on any atom is 0.337 e. The average Bonchev–Trinajstić information content (AvgIpc) is 2.59. The molecule has 8 heteroatoms. The molecule has 1 saturated carbocycles. The number of rotatable bonds is 6. The van der Waals surface area contributed by atoms with Crippen LogP contribution in [0.2, 0.25) is 0 Å². The summed E-state index contributed by atoms with van der Waals surface area (Å²) in [6.07, 6.45) is 5.72. The predicted octanol–water partition coefficient (Wildman–Crippen LogP) is 2.01. The standard InChI is InChI=1S/C17H24N2O5S/c1-24-17(21)13-7-6-8-14(11-13)18-16(20)12-19(25(2,22)23)15-9-4-3-5-10-15/h6-8,11,15H,3-5,9-10,12H2,1-2H3,(H,18,20). The number of sulfonamides is 1. The Kier molecular flexibility index (Phi) is 6.55. The Morgan fingerprint density at radius 3 is 2.52 bits per heavy atom. The lowest BCUT2D eigenvalue weighted by atomic mass is 9.95. The zero-order chi connectivity index (χ0) is 18.4. The largest absolute Gasteiger partial charge is 0.465 e. The molecule has 1 aliphatic rings. The van der Waals surface area contributed by atoms with Crippen LogP contribution < -0.4 is 5.32 Å². The maximum atomic E-state index is 12.3. The summed E-state index contributed by atoms with van der Waals surface area (Å²) in [5.41, 5.74) is 0.734. The van der Waals surface area contributed by atoms with Crippen molar-refractivity contribution in [2.45, 2.75) is 38.1 Å². The molecule has 2 rings (SSSR count). The van der Waals surface area contributed by atoms with Crippen molar-refractivity contribution in [1.82, 2.24) is 4.31 Å². The van der Waals surface area contributed by atoms with E-state index in [4.69, 9.17) is 0 Å². The van der Waals surface area contributed by atoms with Gasteiger partial charge in [-0.2, -0.15) is 4.31 Å². The SMILES string of the molecule is COC(=O)c1cccc(NC(=O)CN(C2CCCCC2)S(C)(=O)=O)c1. The van der Waals surface area contributed by atoms with Gasteiger partial charge in [0.2, 0.25) is 15.9 Å². The summed E-state index contributed by atoms with van der Waals surface area (Å²) in [7, 11) is -2.20. The number of amides is 1. The number of ether oxygens (including phenoxy) is 1. The number of esters is 1. The van der Waals surface area contributed by atoms with Crippen molar-refractivity contribution in [3.05, 3.63) is 29.8 Å². The second-order valence-electron chi connectivity index (χ2n) is 6.22. The third kappa shape index (κ3) is 5.54. The number of nitrogens with zero attached hydrogens (tertiary/aromatic N) is 1. The summed E-state index contributed by atoms with van der Waals surface area (Å²) in [6, 6.07) is 6.20. The predicted molar refractivity (Wildman–Crippen MR) is 94.8 cm³/mol. The van der Waals surface area contributed by atoms with Gasteiger partial charge in [-0.1, -0.05) is 25.3 Å². The van der Waals surface area contributed by atoms with E-state index in [1.165, 1.54) is 17.5 Å². The molecule has 1 aromatic carbocycles. The monoisotopic (exact) mass is 368 g/mol. The molecule has 1 aliphatic carbocycles. The zero-order valence-corrected chi connectivity index (χ0v) is 15.3. The van der Waals surface area contributed by atoms with Crippen molar-refractivity contribution >= 4 is 27.6 Å². The highest BCUT2D eigenvalue weighted by atomic mass is 32.2. The zero-order valence-electron chi connectivity index (χ0n) is 14.5. The molecule has 0 spiro atoms. The van der Waals surface area contributed by atoms with Gasteiger partial charge in [0.1, 0.15) is 0 Å². The van der Waals surface area contributed by atoms with Crippen molar-refractivity contribution in [3.8, 4) is 0 Å². The van der Waals surface area contributed by atoms with E-state index in [1.54, 1.807) is 18.2 Å². The topological polar surface area (TPSA) is 92.8 Å². The van der Waals surface area contributed by atoms with Crippen LogP contribution in [-0.4, -0.2) is 50.6 Å². The lowest BCUT2D eigenvalue weighted by Crippen LogP contribution is -2.45. The van der Waals surface area contributed by atoms with Crippen LogP contribution in [0.15, 0.2) is 24.3 Å². The van der Waals surface area contributed by atoms with Gasteiger partial charge in [0, 0.05) is 11.7 Å². The van der Waals surface area contributed by atoms with Gasteiger partial charge >= 0.3 is 5.97 Å². The van der Waals surface area contributed by atoms with Gasteiger partial charge in [0.15, 0.2) is 0 Å². The van der Waals surface area contributed by atoms with Gasteiger partial charge < -0.3 is 10.1 Å². The molecular formula is C17H24N2O5S. The number of hydrogen-bond acceptors (Lipinski definition) is 5. The number of methoxy groups -OCH3 is 1. The molecule has 25 heavy (non-hydrogen) atoms. The summed E-state index contributed by atoms with van der Waals surface area (Å²) in [4.78, 5) is 23.9. The Bertz CT molecular complexity index is 726. The molecule has 1 fully saturated rings. The highest BCUT2D eigenvalue weighted by Gasteiger charge is 2.29. The number of carbonyl (C=O) groups is 2. The van der Waals surface area contributed by atoms with Crippen LogP contribution in [0.25, 0.3) is 0 Å². The van der Waals surface area contributed by atoms with Gasteiger partial charge in [0.25, 0.3) is 0 Å². The summed E-state index contributed by atoms with van der Waals surface area (Å²) >= 11 is 0. The smallest absolute Gasteiger partial charge is 0.337 e. The minimum absolute atomic E-state index is 0.129. The quantitative estimate of drug-likeness (QED) is 0.775. The van der Waals surface area contributed by atoms with Crippen molar-refractivity contribution < 1.29 is 22.7 Å². The summed E-state index contributed by atoms with van der Waals surface area (Å²) < 4.78 is 30.1. The molecule has 0 saturated heterocycles. The van der Waals surface area contributed by atoms with Crippen LogP contribution in [0.1, 0.15) is 42.5 Å². The van der Waals surface area contributed by atoms with Crippen LogP contribution in [-0.2, 0) is 19.6 Å². The maximum absolute atomic E-state index is 12.3. The van der Waals surface area contributed by atoms with Gasteiger partial charge in [-0.05, 0) is 31.0 Å². The Morgan fingerprint density at radius 1 is 1.24 bits per heavy atom. The van der Waals surface area contributed by atoms with E-state index in [2.05, 4.69) is 10.1 Å². The molecule has 1 N–H and O–H groups in total. The fourth-order valence-corrected chi connectivity index (χ4v) is 4.17. The molecule has 138 valence electrons. The van der Waals surface area contributed by atoms with Crippen LogP contribution in [0.5, 0.6) is 0 Å². The molecule has 1 amide bonds. The summed E-state index contributed by atoms with van der Waals surface area (Å²) in [6.45, 7) is -0.230. The number of benzene rings is 1. The van der Waals surface area contributed by atoms with Gasteiger partial charge in [-0.15, -0.1) is 0 Å². The molecule has 0 bridgehead atoms. The summed E-state index contributed by atoms with van der Waals surface area (Å²) in [5.74, 6) is -0.936. The minimum Gasteiger partial charge on any atom is -0.465 e. The lowest BCUT2D eigenvalue weighted by Gasteiger charge is -2.31. The number of nitrogens with one attached hydrogen (secondary N) is 1. The Morgan fingerprint density at radius 2 is 1.92 bits per heavy atom. The summed E-state index contributed by atoms with van der Waals surface area (Å²) in [5, 5.41) is 2.65. The van der Waals surface area contributed by atoms with E-state index < -0.39 is 21.9 Å². The second-order valence-corrected chi connectivity index (χ2v) is 8.16. The first-order valence-electron chi connectivity index (χ1n) is 8.26. The number of anilines is 1. The third-order valence-corrected chi connectivity index (χ3v) is 5.55. The third-order valence-electron chi connectivity index (χ3n) is 4.27. The van der Waals surface area contributed by atoms with Crippen molar-refractivity contribution in [1.29, 1.82) is 0 Å². The normalized spacial score (nSPS) is 15.8. The molecule has 0 heterocycles. The number of hydrogen-bond donors (Lipinski definition) is 1. The van der Waals surface area contributed by atoms with Crippen LogP contribution >= 0.6 is 0 Å². The van der Waals surface area contributed by atoms with E-state index >= 15 is 0 Å². The molecule has 0 aromatic heterocycles. The highest BCUT2D eigenvalue weighted by Crippen LogP contribution is 2.24. The molecule has 0 unspecified atom stereocenters. The first-order valence-corrected chi connectivity index (χ1v) is 10.1. The first kappa shape index (κ1) is 19.4. The lowest BCUT2D eigenvalue weighted by molar-refractivity contribution is -0.116. The molecule has 1 aromatic rings. The molecule has 0 aliphatic heterocycles. The van der Waals surface area contributed by atoms with Crippen molar-refractivity contribution in [2.24, 2.45) is 0 Å². The van der Waals surface area contributed by atoms with Gasteiger partial charge in [-0.25, -0.2) is 13.2 Å². The van der Waals surface area contributed by atoms with E-state index in [-0.39, 0.29) is 12.6 Å². The fourth-order valence-electron chi connectivity index (χ4n) is 3.07.